The van der Waals surface area contributed by atoms with Gasteiger partial charge in [-0.25, -0.2) is 8.42 Å². The molecule has 0 bridgehead atoms. The molecule has 1 aliphatic heterocycles. The lowest BCUT2D eigenvalue weighted by Crippen LogP contribution is -2.32. The summed E-state index contributed by atoms with van der Waals surface area (Å²) in [6.07, 6.45) is 3.63. The van der Waals surface area contributed by atoms with Gasteiger partial charge in [0.15, 0.2) is 9.84 Å². The van der Waals surface area contributed by atoms with Crippen molar-refractivity contribution < 1.29 is 13.6 Å². The molecule has 0 aromatic carbocycles. The van der Waals surface area contributed by atoms with E-state index >= 15 is 0 Å². The van der Waals surface area contributed by atoms with Gasteiger partial charge in [0.1, 0.15) is 5.84 Å². The van der Waals surface area contributed by atoms with E-state index in [2.05, 4.69) is 10.5 Å². The molecule has 0 aliphatic carbocycles. The minimum atomic E-state index is -2.77. The number of oxime groups is 1. The fourth-order valence-corrected chi connectivity index (χ4v) is 4.28. The second-order valence-corrected chi connectivity index (χ2v) is 8.53. The molecule has 1 rings (SSSR count). The van der Waals surface area contributed by atoms with Crippen molar-refractivity contribution in [3.05, 3.63) is 0 Å². The van der Waals surface area contributed by atoms with E-state index in [1.165, 1.54) is 0 Å². The molecule has 1 unspecified atom stereocenters. The van der Waals surface area contributed by atoms with Gasteiger partial charge in [-0.05, 0) is 38.3 Å². The number of nitrogens with one attached hydrogen (secondary N) is 1. The van der Waals surface area contributed by atoms with Crippen LogP contribution in [0, 0.1) is 11.3 Å². The maximum absolute atomic E-state index is 11.3. The number of unbranched alkanes of at least 4 members (excludes halogenated alkanes) is 1. The summed E-state index contributed by atoms with van der Waals surface area (Å²) in [5.41, 5.74) is 5.34. The standard InChI is InChI=1S/C13H27N3O3S/c1-13(2,12(14)16-17)6-3-4-7-15-9-11-5-8-20(18,19)10-11/h11,15,17H,3-10H2,1-2H3,(H2,14,16). The van der Waals surface area contributed by atoms with Crippen LogP contribution in [0.1, 0.15) is 39.5 Å². The number of hydrogen-bond acceptors (Lipinski definition) is 5. The van der Waals surface area contributed by atoms with Gasteiger partial charge in [0.2, 0.25) is 0 Å². The van der Waals surface area contributed by atoms with Crippen molar-refractivity contribution in [2.75, 3.05) is 24.6 Å². The number of sulfone groups is 1. The van der Waals surface area contributed by atoms with Crippen LogP contribution in [0.3, 0.4) is 0 Å². The molecule has 0 amide bonds. The van der Waals surface area contributed by atoms with Gasteiger partial charge in [-0.2, -0.15) is 0 Å². The molecule has 1 heterocycles. The minimum absolute atomic E-state index is 0.265. The topological polar surface area (TPSA) is 105 Å². The predicted molar refractivity (Wildman–Crippen MR) is 80.7 cm³/mol. The Bertz CT molecular complexity index is 432. The predicted octanol–water partition coefficient (Wildman–Crippen LogP) is 0.954. The Labute approximate surface area is 121 Å². The van der Waals surface area contributed by atoms with Crippen molar-refractivity contribution in [1.82, 2.24) is 5.32 Å². The molecule has 0 radical (unpaired) electrons. The third-order valence-corrected chi connectivity index (χ3v) is 5.80. The zero-order valence-electron chi connectivity index (χ0n) is 12.4. The van der Waals surface area contributed by atoms with E-state index in [0.717, 1.165) is 38.8 Å². The van der Waals surface area contributed by atoms with Gasteiger partial charge >= 0.3 is 0 Å². The first-order valence-corrected chi connectivity index (χ1v) is 8.98. The summed E-state index contributed by atoms with van der Waals surface area (Å²) in [7, 11) is -2.77. The van der Waals surface area contributed by atoms with Gasteiger partial charge in [0, 0.05) is 5.41 Å². The molecule has 118 valence electrons. The van der Waals surface area contributed by atoms with Crippen molar-refractivity contribution >= 4 is 15.7 Å². The summed E-state index contributed by atoms with van der Waals surface area (Å²) < 4.78 is 22.6. The summed E-state index contributed by atoms with van der Waals surface area (Å²) >= 11 is 0. The van der Waals surface area contributed by atoms with Crippen molar-refractivity contribution in [2.45, 2.75) is 39.5 Å². The zero-order chi connectivity index (χ0) is 15.2. The third-order valence-electron chi connectivity index (χ3n) is 3.97. The molecule has 1 aliphatic rings. The van der Waals surface area contributed by atoms with E-state index in [-0.39, 0.29) is 17.2 Å². The summed E-state index contributed by atoms with van der Waals surface area (Å²) in [4.78, 5) is 0. The molecule has 0 saturated carbocycles. The molecule has 1 fully saturated rings. The van der Waals surface area contributed by atoms with Crippen LogP contribution in [-0.2, 0) is 9.84 Å². The van der Waals surface area contributed by atoms with Crippen molar-refractivity contribution in [2.24, 2.45) is 22.2 Å². The maximum Gasteiger partial charge on any atom is 0.150 e. The smallest absolute Gasteiger partial charge is 0.150 e. The minimum Gasteiger partial charge on any atom is -0.409 e. The molecule has 0 spiro atoms. The summed E-state index contributed by atoms with van der Waals surface area (Å²) in [5.74, 6) is 1.21. The first kappa shape index (κ1) is 17.2. The van der Waals surface area contributed by atoms with Crippen LogP contribution in [0.4, 0.5) is 0 Å². The molecule has 0 aromatic rings. The number of nitrogens with zero attached hydrogens (tertiary/aromatic N) is 1. The van der Waals surface area contributed by atoms with Crippen molar-refractivity contribution in [3.63, 3.8) is 0 Å². The molecule has 20 heavy (non-hydrogen) atoms. The molecule has 4 N–H and O–H groups in total. The van der Waals surface area contributed by atoms with Gasteiger partial charge in [-0.3, -0.25) is 0 Å². The first-order valence-electron chi connectivity index (χ1n) is 7.16. The lowest BCUT2D eigenvalue weighted by molar-refractivity contribution is 0.304. The SMILES string of the molecule is CC(C)(CCCCNCC1CCS(=O)(=O)C1)C(N)=NO. The summed E-state index contributed by atoms with van der Waals surface area (Å²) in [5, 5.41) is 15.1. The van der Waals surface area contributed by atoms with Gasteiger partial charge in [0.25, 0.3) is 0 Å². The monoisotopic (exact) mass is 305 g/mol. The highest BCUT2D eigenvalue weighted by Crippen LogP contribution is 2.23. The molecular weight excluding hydrogens is 278 g/mol. The normalized spacial score (nSPS) is 23.1. The molecular formula is C13H27N3O3S. The Morgan fingerprint density at radius 3 is 2.70 bits per heavy atom. The van der Waals surface area contributed by atoms with Crippen LogP contribution in [-0.4, -0.2) is 44.1 Å². The van der Waals surface area contributed by atoms with E-state index < -0.39 is 9.84 Å². The highest BCUT2D eigenvalue weighted by atomic mass is 32.2. The van der Waals surface area contributed by atoms with Crippen molar-refractivity contribution in [3.8, 4) is 0 Å². The average molecular weight is 305 g/mol. The highest BCUT2D eigenvalue weighted by molar-refractivity contribution is 7.91. The number of amidine groups is 1. The lowest BCUT2D eigenvalue weighted by atomic mass is 9.86. The quantitative estimate of drug-likeness (QED) is 0.204. The van der Waals surface area contributed by atoms with Crippen LogP contribution in [0.25, 0.3) is 0 Å². The van der Waals surface area contributed by atoms with E-state index in [1.807, 2.05) is 13.8 Å². The summed E-state index contributed by atoms with van der Waals surface area (Å²) in [6, 6.07) is 0. The average Bonchev–Trinajstić information content (AvgIpc) is 2.72. The van der Waals surface area contributed by atoms with E-state index in [1.54, 1.807) is 0 Å². The van der Waals surface area contributed by atoms with E-state index in [9.17, 15) is 8.42 Å². The lowest BCUT2D eigenvalue weighted by Gasteiger charge is -2.22. The third kappa shape index (κ3) is 5.66. The Morgan fingerprint density at radius 1 is 1.45 bits per heavy atom. The van der Waals surface area contributed by atoms with Crippen LogP contribution in [0.15, 0.2) is 5.16 Å². The number of rotatable bonds is 8. The summed E-state index contributed by atoms with van der Waals surface area (Å²) in [6.45, 7) is 5.57. The second-order valence-electron chi connectivity index (χ2n) is 6.30. The van der Waals surface area contributed by atoms with Crippen LogP contribution < -0.4 is 11.1 Å². The largest absolute Gasteiger partial charge is 0.409 e. The maximum atomic E-state index is 11.3. The van der Waals surface area contributed by atoms with Crippen LogP contribution in [0.2, 0.25) is 0 Å². The van der Waals surface area contributed by atoms with Crippen LogP contribution in [0.5, 0.6) is 0 Å². The van der Waals surface area contributed by atoms with Crippen molar-refractivity contribution in [1.29, 1.82) is 0 Å². The molecule has 1 saturated heterocycles. The van der Waals surface area contributed by atoms with E-state index in [4.69, 9.17) is 10.9 Å². The fourth-order valence-electron chi connectivity index (χ4n) is 2.42. The first-order chi connectivity index (χ1) is 9.27. The fraction of sp³-hybridized carbons (Fsp3) is 0.923. The van der Waals surface area contributed by atoms with Gasteiger partial charge < -0.3 is 16.3 Å². The molecule has 6 nitrogen and oxygen atoms in total. The zero-order valence-corrected chi connectivity index (χ0v) is 13.2. The molecule has 0 aromatic heterocycles. The number of hydrogen-bond donors (Lipinski definition) is 3. The molecule has 1 atom stereocenters. The Hall–Kier alpha value is -0.820. The Kier molecular flexibility index (Phi) is 6.26. The highest BCUT2D eigenvalue weighted by Gasteiger charge is 2.27. The van der Waals surface area contributed by atoms with Gasteiger partial charge in [0.05, 0.1) is 11.5 Å². The molecule has 7 heteroatoms. The second kappa shape index (κ2) is 7.26. The van der Waals surface area contributed by atoms with Gasteiger partial charge in [-0.15, -0.1) is 0 Å². The Balaban J connectivity index is 2.09. The number of nitrogens with two attached hydrogens (primary N) is 1. The van der Waals surface area contributed by atoms with Gasteiger partial charge in [-0.1, -0.05) is 25.4 Å². The van der Waals surface area contributed by atoms with Crippen LogP contribution >= 0.6 is 0 Å². The van der Waals surface area contributed by atoms with E-state index in [0.29, 0.717) is 11.5 Å². The Morgan fingerprint density at radius 2 is 2.15 bits per heavy atom.